The number of likely N-dealkylation sites (N-methyl/N-ethyl adjacent to an activating group) is 1. The van der Waals surface area contributed by atoms with Crippen molar-refractivity contribution in [3.05, 3.63) is 34.9 Å². The van der Waals surface area contributed by atoms with E-state index in [9.17, 15) is 14.4 Å². The van der Waals surface area contributed by atoms with E-state index in [-0.39, 0.29) is 11.8 Å². The first-order chi connectivity index (χ1) is 14.0. The topological polar surface area (TPSA) is 87.7 Å². The van der Waals surface area contributed by atoms with Crippen molar-refractivity contribution in [3.63, 3.8) is 0 Å². The summed E-state index contributed by atoms with van der Waals surface area (Å²) in [5.74, 6) is -0.626. The number of benzene rings is 1. The Hall–Kier alpha value is -2.57. The first-order valence-corrected chi connectivity index (χ1v) is 10.7. The maximum atomic E-state index is 13.3. The molecule has 0 spiro atoms. The van der Waals surface area contributed by atoms with Crippen LogP contribution in [0.3, 0.4) is 0 Å². The van der Waals surface area contributed by atoms with Gasteiger partial charge in [-0.15, -0.1) is 0 Å². The molecule has 0 aliphatic rings. The fourth-order valence-corrected chi connectivity index (χ4v) is 3.34. The normalized spacial score (nSPS) is 13.7. The van der Waals surface area contributed by atoms with Gasteiger partial charge < -0.3 is 20.3 Å². The van der Waals surface area contributed by atoms with Crippen molar-refractivity contribution >= 4 is 17.9 Å². The highest BCUT2D eigenvalue weighted by molar-refractivity contribution is 5.92. The number of alkyl carbamates (subject to hydrolysis) is 1. The van der Waals surface area contributed by atoms with E-state index < -0.39 is 29.3 Å². The van der Waals surface area contributed by atoms with E-state index in [1.54, 1.807) is 27.7 Å². The molecule has 0 heterocycles. The fourth-order valence-electron chi connectivity index (χ4n) is 3.34. The van der Waals surface area contributed by atoms with Gasteiger partial charge in [-0.05, 0) is 74.8 Å². The SMILES string of the molecule is CCN(C(=O)C(C)NC(=O)OC(C)(C)C)C(C(=O)NC(C)(C)C)c1cc(C)cc(C)c1. The molecule has 0 aliphatic heterocycles. The van der Waals surface area contributed by atoms with Gasteiger partial charge in [-0.3, -0.25) is 9.59 Å². The van der Waals surface area contributed by atoms with Gasteiger partial charge in [0.2, 0.25) is 11.8 Å². The zero-order valence-electron chi connectivity index (χ0n) is 20.7. The van der Waals surface area contributed by atoms with Gasteiger partial charge in [0.25, 0.3) is 0 Å². The average molecular weight is 434 g/mol. The zero-order valence-corrected chi connectivity index (χ0v) is 20.7. The molecule has 2 atom stereocenters. The lowest BCUT2D eigenvalue weighted by molar-refractivity contribution is -0.142. The molecular formula is C24H39N3O4. The predicted octanol–water partition coefficient (Wildman–Crippen LogP) is 4.02. The minimum Gasteiger partial charge on any atom is -0.444 e. The number of aryl methyl sites for hydroxylation is 2. The number of nitrogens with one attached hydrogen (secondary N) is 2. The van der Waals surface area contributed by atoms with Crippen LogP contribution in [0.5, 0.6) is 0 Å². The van der Waals surface area contributed by atoms with E-state index >= 15 is 0 Å². The molecule has 3 amide bonds. The molecule has 2 N–H and O–H groups in total. The Labute approximate surface area is 186 Å². The molecule has 0 fully saturated rings. The third-order valence-corrected chi connectivity index (χ3v) is 4.35. The summed E-state index contributed by atoms with van der Waals surface area (Å²) in [5, 5.41) is 5.58. The Balaban J connectivity index is 3.28. The number of hydrogen-bond acceptors (Lipinski definition) is 4. The molecule has 1 aromatic carbocycles. The Morgan fingerprint density at radius 1 is 1.00 bits per heavy atom. The molecule has 1 rings (SSSR count). The van der Waals surface area contributed by atoms with Gasteiger partial charge in [-0.1, -0.05) is 29.3 Å². The molecule has 31 heavy (non-hydrogen) atoms. The van der Waals surface area contributed by atoms with Crippen molar-refractivity contribution in [3.8, 4) is 0 Å². The summed E-state index contributed by atoms with van der Waals surface area (Å²) in [6, 6.07) is 4.18. The number of amides is 3. The molecule has 7 heteroatoms. The number of carbonyl (C=O) groups is 3. The summed E-state index contributed by atoms with van der Waals surface area (Å²) < 4.78 is 5.26. The first-order valence-electron chi connectivity index (χ1n) is 10.7. The van der Waals surface area contributed by atoms with Gasteiger partial charge in [-0.2, -0.15) is 0 Å². The summed E-state index contributed by atoms with van der Waals surface area (Å²) >= 11 is 0. The third kappa shape index (κ3) is 8.59. The molecule has 0 bridgehead atoms. The molecule has 0 aliphatic carbocycles. The highest BCUT2D eigenvalue weighted by Crippen LogP contribution is 2.25. The number of hydrogen-bond donors (Lipinski definition) is 2. The van der Waals surface area contributed by atoms with E-state index in [2.05, 4.69) is 10.6 Å². The number of ether oxygens (including phenoxy) is 1. The quantitative estimate of drug-likeness (QED) is 0.709. The smallest absolute Gasteiger partial charge is 0.408 e. The number of rotatable bonds is 6. The van der Waals surface area contributed by atoms with Crippen molar-refractivity contribution in [1.82, 2.24) is 15.5 Å². The van der Waals surface area contributed by atoms with Crippen LogP contribution < -0.4 is 10.6 Å². The van der Waals surface area contributed by atoms with Gasteiger partial charge in [-0.25, -0.2) is 4.79 Å². The third-order valence-electron chi connectivity index (χ3n) is 4.35. The lowest BCUT2D eigenvalue weighted by Crippen LogP contribution is -2.53. The summed E-state index contributed by atoms with van der Waals surface area (Å²) in [6.07, 6.45) is -0.675. The van der Waals surface area contributed by atoms with Gasteiger partial charge in [0.05, 0.1) is 0 Å². The molecule has 7 nitrogen and oxygen atoms in total. The lowest BCUT2D eigenvalue weighted by atomic mass is 9.97. The van der Waals surface area contributed by atoms with Crippen LogP contribution in [0.25, 0.3) is 0 Å². The fraction of sp³-hybridized carbons (Fsp3) is 0.625. The number of carbonyl (C=O) groups excluding carboxylic acids is 3. The van der Waals surface area contributed by atoms with Crippen molar-refractivity contribution in [2.75, 3.05) is 6.54 Å². The lowest BCUT2D eigenvalue weighted by Gasteiger charge is -2.35. The highest BCUT2D eigenvalue weighted by Gasteiger charge is 2.35. The van der Waals surface area contributed by atoms with E-state index in [1.165, 1.54) is 4.90 Å². The van der Waals surface area contributed by atoms with Crippen LogP contribution in [0.15, 0.2) is 18.2 Å². The monoisotopic (exact) mass is 433 g/mol. The molecule has 1 aromatic rings. The maximum Gasteiger partial charge on any atom is 0.408 e. The van der Waals surface area contributed by atoms with Crippen molar-refractivity contribution < 1.29 is 19.1 Å². The summed E-state index contributed by atoms with van der Waals surface area (Å²) in [4.78, 5) is 40.3. The Kier molecular flexibility index (Phi) is 8.67. The summed E-state index contributed by atoms with van der Waals surface area (Å²) in [7, 11) is 0. The summed E-state index contributed by atoms with van der Waals surface area (Å²) in [6.45, 7) is 18.6. The number of nitrogens with zero attached hydrogens (tertiary/aromatic N) is 1. The van der Waals surface area contributed by atoms with Crippen molar-refractivity contribution in [2.45, 2.75) is 92.5 Å². The van der Waals surface area contributed by atoms with Crippen LogP contribution in [0.2, 0.25) is 0 Å². The van der Waals surface area contributed by atoms with Crippen molar-refractivity contribution in [1.29, 1.82) is 0 Å². The van der Waals surface area contributed by atoms with Crippen molar-refractivity contribution in [2.24, 2.45) is 0 Å². The molecule has 0 aromatic heterocycles. The second kappa shape index (κ2) is 10.2. The summed E-state index contributed by atoms with van der Waals surface area (Å²) in [5.41, 5.74) is 1.61. The molecule has 174 valence electrons. The molecule has 0 saturated heterocycles. The Morgan fingerprint density at radius 3 is 1.94 bits per heavy atom. The molecule has 0 radical (unpaired) electrons. The van der Waals surface area contributed by atoms with Gasteiger partial charge in [0.1, 0.15) is 17.7 Å². The maximum absolute atomic E-state index is 13.3. The highest BCUT2D eigenvalue weighted by atomic mass is 16.6. The van der Waals surface area contributed by atoms with Crippen LogP contribution in [0.1, 0.15) is 78.1 Å². The second-order valence-electron chi connectivity index (χ2n) is 10.1. The minimum absolute atomic E-state index is 0.267. The first kappa shape index (κ1) is 26.5. The van der Waals surface area contributed by atoms with Crippen LogP contribution >= 0.6 is 0 Å². The van der Waals surface area contributed by atoms with E-state index in [0.717, 1.165) is 16.7 Å². The molecule has 0 saturated carbocycles. The Morgan fingerprint density at radius 2 is 1.52 bits per heavy atom. The molecule has 2 unspecified atom stereocenters. The van der Waals surface area contributed by atoms with E-state index in [0.29, 0.717) is 6.54 Å². The van der Waals surface area contributed by atoms with Crippen LogP contribution in [-0.2, 0) is 14.3 Å². The molecular weight excluding hydrogens is 394 g/mol. The van der Waals surface area contributed by atoms with Gasteiger partial charge >= 0.3 is 6.09 Å². The zero-order chi connectivity index (χ0) is 24.1. The van der Waals surface area contributed by atoms with Crippen LogP contribution in [0.4, 0.5) is 4.79 Å². The van der Waals surface area contributed by atoms with E-state index in [1.807, 2.05) is 59.7 Å². The standard InChI is InChI=1S/C24H39N3O4/c1-11-27(21(29)17(4)25-22(30)31-24(8,9)10)19(20(28)26-23(5,6)7)18-13-15(2)12-16(3)14-18/h12-14,17,19H,11H2,1-10H3,(H,25,30)(H,26,28). The Bertz CT molecular complexity index is 786. The predicted molar refractivity (Wildman–Crippen MR) is 123 cm³/mol. The van der Waals surface area contributed by atoms with Crippen LogP contribution in [-0.4, -0.2) is 46.5 Å². The van der Waals surface area contributed by atoms with Gasteiger partial charge in [0.15, 0.2) is 0 Å². The van der Waals surface area contributed by atoms with Gasteiger partial charge in [0, 0.05) is 12.1 Å². The largest absolute Gasteiger partial charge is 0.444 e. The minimum atomic E-state index is -0.856. The second-order valence-corrected chi connectivity index (χ2v) is 10.1. The average Bonchev–Trinajstić information content (AvgIpc) is 2.54. The van der Waals surface area contributed by atoms with E-state index in [4.69, 9.17) is 4.74 Å². The van der Waals surface area contributed by atoms with Crippen LogP contribution in [0, 0.1) is 13.8 Å².